The van der Waals surface area contributed by atoms with Gasteiger partial charge in [0.2, 0.25) is 0 Å². The first-order chi connectivity index (χ1) is 13.9. The molecule has 2 rings (SSSR count). The van der Waals surface area contributed by atoms with Crippen LogP contribution >= 0.6 is 0 Å². The van der Waals surface area contributed by atoms with Gasteiger partial charge in [-0.25, -0.2) is 9.59 Å². The van der Waals surface area contributed by atoms with E-state index in [1.54, 1.807) is 13.0 Å². The number of carbonyl (C=O) groups excluding carboxylic acids is 4. The molecule has 1 saturated heterocycles. The van der Waals surface area contributed by atoms with Crippen LogP contribution in [0.1, 0.15) is 41.0 Å². The van der Waals surface area contributed by atoms with Crippen LogP contribution in [-0.4, -0.2) is 52.7 Å². The number of carbonyl (C=O) groups is 4. The lowest BCUT2D eigenvalue weighted by molar-refractivity contribution is -0.194. The van der Waals surface area contributed by atoms with Crippen LogP contribution in [0.25, 0.3) is 0 Å². The van der Waals surface area contributed by atoms with Gasteiger partial charge in [0.25, 0.3) is 0 Å². The molecule has 0 bridgehead atoms. The van der Waals surface area contributed by atoms with Gasteiger partial charge >= 0.3 is 17.9 Å². The summed E-state index contributed by atoms with van der Waals surface area (Å²) in [6, 6.07) is 0. The third-order valence-electron chi connectivity index (χ3n) is 5.50. The second-order valence-electron chi connectivity index (χ2n) is 7.95. The molecule has 0 radical (unpaired) electrons. The summed E-state index contributed by atoms with van der Waals surface area (Å²) in [5.41, 5.74) is -1.95. The predicted molar refractivity (Wildman–Crippen MR) is 106 cm³/mol. The summed E-state index contributed by atoms with van der Waals surface area (Å²) in [6.45, 7) is 11.0. The third-order valence-corrected chi connectivity index (χ3v) is 5.50. The molecule has 0 spiro atoms. The van der Waals surface area contributed by atoms with E-state index in [1.807, 2.05) is 6.92 Å². The summed E-state index contributed by atoms with van der Waals surface area (Å²) in [7, 11) is 0. The quantitative estimate of drug-likeness (QED) is 0.417. The maximum absolute atomic E-state index is 12.7. The Morgan fingerprint density at radius 3 is 2.50 bits per heavy atom. The molecule has 0 aromatic heterocycles. The summed E-state index contributed by atoms with van der Waals surface area (Å²) >= 11 is 0. The first kappa shape index (κ1) is 23.5. The van der Waals surface area contributed by atoms with Crippen LogP contribution in [-0.2, 0) is 33.4 Å². The molecule has 0 unspecified atom stereocenters. The fraction of sp³-hybridized carbons (Fsp3) is 0.545. The van der Waals surface area contributed by atoms with E-state index in [9.17, 15) is 24.3 Å². The Kier molecular flexibility index (Phi) is 7.02. The van der Waals surface area contributed by atoms with Crippen LogP contribution in [0, 0.1) is 11.8 Å². The first-order valence-electron chi connectivity index (χ1n) is 9.76. The normalized spacial score (nSPS) is 35.9. The molecule has 164 valence electrons. The average Bonchev–Trinajstić information content (AvgIpc) is 2.94. The second-order valence-corrected chi connectivity index (χ2v) is 7.95. The van der Waals surface area contributed by atoms with Gasteiger partial charge < -0.3 is 19.3 Å². The van der Waals surface area contributed by atoms with Crippen molar-refractivity contribution in [2.45, 2.75) is 65.0 Å². The molecular weight excluding hydrogens is 392 g/mol. The predicted octanol–water partition coefficient (Wildman–Crippen LogP) is 1.81. The van der Waals surface area contributed by atoms with Crippen molar-refractivity contribution in [3.8, 4) is 0 Å². The van der Waals surface area contributed by atoms with Gasteiger partial charge in [0.15, 0.2) is 23.6 Å². The first-order valence-corrected chi connectivity index (χ1v) is 9.76. The molecule has 0 saturated carbocycles. The van der Waals surface area contributed by atoms with Crippen molar-refractivity contribution in [2.75, 3.05) is 0 Å². The molecule has 1 N–H and O–H groups in total. The highest BCUT2D eigenvalue weighted by Crippen LogP contribution is 2.40. The van der Waals surface area contributed by atoms with Gasteiger partial charge in [0.05, 0.1) is 5.92 Å². The highest BCUT2D eigenvalue weighted by molar-refractivity contribution is 5.98. The van der Waals surface area contributed by atoms with E-state index >= 15 is 0 Å². The Labute approximate surface area is 175 Å². The van der Waals surface area contributed by atoms with Gasteiger partial charge in [-0.15, -0.1) is 0 Å². The van der Waals surface area contributed by atoms with Gasteiger partial charge in [-0.05, 0) is 39.2 Å². The van der Waals surface area contributed by atoms with E-state index < -0.39 is 53.5 Å². The van der Waals surface area contributed by atoms with E-state index in [2.05, 4.69) is 6.58 Å². The molecule has 1 heterocycles. The highest BCUT2D eigenvalue weighted by Gasteiger charge is 2.55. The molecule has 6 atom stereocenters. The lowest BCUT2D eigenvalue weighted by Gasteiger charge is -2.39. The topological polar surface area (TPSA) is 116 Å². The van der Waals surface area contributed by atoms with Crippen LogP contribution in [0.3, 0.4) is 0 Å². The number of esters is 3. The third kappa shape index (κ3) is 4.70. The summed E-state index contributed by atoms with van der Waals surface area (Å²) in [4.78, 5) is 49.5. The van der Waals surface area contributed by atoms with E-state index in [0.29, 0.717) is 6.42 Å². The van der Waals surface area contributed by atoms with Gasteiger partial charge in [-0.3, -0.25) is 9.59 Å². The van der Waals surface area contributed by atoms with Crippen molar-refractivity contribution < 1.29 is 38.5 Å². The zero-order valence-electron chi connectivity index (χ0n) is 17.8. The fourth-order valence-corrected chi connectivity index (χ4v) is 3.60. The molecule has 8 heteroatoms. The van der Waals surface area contributed by atoms with E-state index in [-0.39, 0.29) is 17.1 Å². The zero-order chi connectivity index (χ0) is 22.8. The van der Waals surface area contributed by atoms with E-state index in [0.717, 1.165) is 6.92 Å². The standard InChI is InChI=1S/C22H28O8/c1-7-12(3)20(25)30-18-17-13(4)21(26)29-15(17)10-11(2)8-9-16(24)22(6,27)19(18)28-14(5)23/h7-9,11,15,17-19,27H,4,10H2,1-3,5-6H3/b9-8-,12-7-/t11-,15+,17-,18-,19+,22-/m0/s1. The van der Waals surface area contributed by atoms with Gasteiger partial charge in [-0.1, -0.05) is 25.7 Å². The molecule has 0 amide bonds. The van der Waals surface area contributed by atoms with Crippen molar-refractivity contribution >= 4 is 23.7 Å². The summed E-state index contributed by atoms with van der Waals surface area (Å²) < 4.78 is 16.4. The number of hydrogen-bond acceptors (Lipinski definition) is 8. The molecule has 1 aliphatic heterocycles. The van der Waals surface area contributed by atoms with Gasteiger partial charge in [0.1, 0.15) is 6.10 Å². The Balaban J connectivity index is 2.68. The smallest absolute Gasteiger partial charge is 0.334 e. The van der Waals surface area contributed by atoms with Crippen LogP contribution in [0.5, 0.6) is 0 Å². The molecule has 1 aliphatic carbocycles. The van der Waals surface area contributed by atoms with Gasteiger partial charge in [0, 0.05) is 18.1 Å². The van der Waals surface area contributed by atoms with Crippen molar-refractivity contribution in [3.63, 3.8) is 0 Å². The molecule has 2 aliphatic rings. The van der Waals surface area contributed by atoms with Crippen LogP contribution in [0.2, 0.25) is 0 Å². The van der Waals surface area contributed by atoms with Crippen molar-refractivity contribution in [2.24, 2.45) is 11.8 Å². The summed E-state index contributed by atoms with van der Waals surface area (Å²) in [6.07, 6.45) is 0.930. The van der Waals surface area contributed by atoms with Crippen LogP contribution < -0.4 is 0 Å². The minimum absolute atomic E-state index is 0.0214. The fourth-order valence-electron chi connectivity index (χ4n) is 3.60. The minimum atomic E-state index is -2.23. The maximum atomic E-state index is 12.7. The number of ketones is 1. The molecule has 0 aromatic carbocycles. The molecule has 8 nitrogen and oxygen atoms in total. The highest BCUT2D eigenvalue weighted by atomic mass is 16.6. The lowest BCUT2D eigenvalue weighted by atomic mass is 9.77. The molecule has 30 heavy (non-hydrogen) atoms. The maximum Gasteiger partial charge on any atom is 0.334 e. The van der Waals surface area contributed by atoms with Gasteiger partial charge in [-0.2, -0.15) is 0 Å². The minimum Gasteiger partial charge on any atom is -0.458 e. The van der Waals surface area contributed by atoms with Crippen LogP contribution in [0.4, 0.5) is 0 Å². The SMILES string of the molecule is C=C1C(=O)O[C@@H]2C[C@@H](C)/C=C\C(=O)[C@](C)(O)[C@H](OC(C)=O)[C@@H](OC(=O)/C(C)=C\C)[C@@H]12. The second kappa shape index (κ2) is 8.95. The number of ether oxygens (including phenoxy) is 3. The number of fused-ring (bicyclic) bond motifs is 1. The summed E-state index contributed by atoms with van der Waals surface area (Å²) in [5.74, 6) is -4.03. The molecular formula is C22H28O8. The zero-order valence-corrected chi connectivity index (χ0v) is 17.8. The van der Waals surface area contributed by atoms with E-state index in [4.69, 9.17) is 14.2 Å². The number of allylic oxidation sites excluding steroid dienone is 2. The number of rotatable bonds is 3. The monoisotopic (exact) mass is 420 g/mol. The van der Waals surface area contributed by atoms with Crippen molar-refractivity contribution in [1.29, 1.82) is 0 Å². The number of hydrogen-bond donors (Lipinski definition) is 1. The number of aliphatic hydroxyl groups is 1. The Hall–Kier alpha value is -2.74. The van der Waals surface area contributed by atoms with E-state index in [1.165, 1.54) is 26.0 Å². The molecule has 1 fully saturated rings. The lowest BCUT2D eigenvalue weighted by Crippen LogP contribution is -2.58. The summed E-state index contributed by atoms with van der Waals surface area (Å²) in [5, 5.41) is 11.1. The Bertz CT molecular complexity index is 819. The van der Waals surface area contributed by atoms with Crippen molar-refractivity contribution in [1.82, 2.24) is 0 Å². The average molecular weight is 420 g/mol. The van der Waals surface area contributed by atoms with Crippen molar-refractivity contribution in [3.05, 3.63) is 36.0 Å². The Morgan fingerprint density at radius 2 is 1.93 bits per heavy atom. The van der Waals surface area contributed by atoms with Crippen LogP contribution in [0.15, 0.2) is 36.0 Å². The largest absolute Gasteiger partial charge is 0.458 e. The Morgan fingerprint density at radius 1 is 1.30 bits per heavy atom. The molecule has 0 aromatic rings.